The number of aromatic nitrogens is 2. The number of halogens is 1. The summed E-state index contributed by atoms with van der Waals surface area (Å²) in [6.45, 7) is 5.47. The van der Waals surface area contributed by atoms with Crippen LogP contribution in [-0.4, -0.2) is 9.55 Å². The topological polar surface area (TPSA) is 54.9 Å². The Morgan fingerprint density at radius 3 is 2.57 bits per heavy atom. The quantitative estimate of drug-likeness (QED) is 0.878. The van der Waals surface area contributed by atoms with Gasteiger partial charge >= 0.3 is 5.69 Å². The van der Waals surface area contributed by atoms with E-state index in [0.717, 1.165) is 6.42 Å². The standard InChI is InChI=1S/C9H13BrN2O2/c1-4-5(2)12-8(13)7(10)6(3)11-9(12)14/h5H,4H2,1-3H3,(H,11,14)/t5-/m0/s1. The second-order valence-electron chi connectivity index (χ2n) is 3.30. The zero-order valence-electron chi connectivity index (χ0n) is 8.43. The summed E-state index contributed by atoms with van der Waals surface area (Å²) in [6, 6.07) is -0.0804. The van der Waals surface area contributed by atoms with Crippen LogP contribution in [0.1, 0.15) is 32.0 Å². The molecule has 0 amide bonds. The van der Waals surface area contributed by atoms with Crippen LogP contribution in [0.4, 0.5) is 0 Å². The molecule has 1 heterocycles. The van der Waals surface area contributed by atoms with Crippen LogP contribution in [0.5, 0.6) is 0 Å². The predicted molar refractivity (Wildman–Crippen MR) is 58.8 cm³/mol. The molecule has 78 valence electrons. The summed E-state index contributed by atoms with van der Waals surface area (Å²) in [5.74, 6) is 0. The first-order valence-electron chi connectivity index (χ1n) is 4.50. The molecule has 5 heteroatoms. The fraction of sp³-hybridized carbons (Fsp3) is 0.556. The SMILES string of the molecule is CC[C@H](C)n1c(=O)[nH]c(C)c(Br)c1=O. The van der Waals surface area contributed by atoms with Crippen molar-refractivity contribution in [2.24, 2.45) is 0 Å². The van der Waals surface area contributed by atoms with E-state index < -0.39 is 0 Å². The summed E-state index contributed by atoms with van der Waals surface area (Å²) in [7, 11) is 0. The van der Waals surface area contributed by atoms with Crippen molar-refractivity contribution in [3.8, 4) is 0 Å². The van der Waals surface area contributed by atoms with Crippen LogP contribution in [0, 0.1) is 6.92 Å². The van der Waals surface area contributed by atoms with Gasteiger partial charge in [0.2, 0.25) is 0 Å². The van der Waals surface area contributed by atoms with E-state index in [-0.39, 0.29) is 17.3 Å². The van der Waals surface area contributed by atoms with Crippen LogP contribution in [0.15, 0.2) is 14.1 Å². The van der Waals surface area contributed by atoms with Gasteiger partial charge in [0.1, 0.15) is 4.47 Å². The smallest absolute Gasteiger partial charge is 0.310 e. The molecule has 1 rings (SSSR count). The maximum absolute atomic E-state index is 11.7. The van der Waals surface area contributed by atoms with Crippen molar-refractivity contribution in [3.05, 3.63) is 31.0 Å². The van der Waals surface area contributed by atoms with Gasteiger partial charge in [0.25, 0.3) is 5.56 Å². The summed E-state index contributed by atoms with van der Waals surface area (Å²) >= 11 is 3.16. The van der Waals surface area contributed by atoms with Crippen molar-refractivity contribution in [1.82, 2.24) is 9.55 Å². The lowest BCUT2D eigenvalue weighted by Gasteiger charge is -2.12. The van der Waals surface area contributed by atoms with Gasteiger partial charge in [-0.25, -0.2) is 4.79 Å². The number of aryl methyl sites for hydroxylation is 1. The molecule has 0 aromatic carbocycles. The normalized spacial score (nSPS) is 12.9. The number of nitrogens with zero attached hydrogens (tertiary/aromatic N) is 1. The Morgan fingerprint density at radius 2 is 2.07 bits per heavy atom. The fourth-order valence-electron chi connectivity index (χ4n) is 1.22. The molecule has 0 saturated heterocycles. The molecule has 0 bridgehead atoms. The molecule has 0 fully saturated rings. The highest BCUT2D eigenvalue weighted by atomic mass is 79.9. The van der Waals surface area contributed by atoms with E-state index in [1.165, 1.54) is 4.57 Å². The Morgan fingerprint density at radius 1 is 1.50 bits per heavy atom. The first-order chi connectivity index (χ1) is 6.49. The number of hydrogen-bond acceptors (Lipinski definition) is 2. The molecule has 1 N–H and O–H groups in total. The lowest BCUT2D eigenvalue weighted by atomic mass is 10.2. The maximum Gasteiger partial charge on any atom is 0.328 e. The lowest BCUT2D eigenvalue weighted by Crippen LogP contribution is -2.38. The molecule has 14 heavy (non-hydrogen) atoms. The van der Waals surface area contributed by atoms with Crippen molar-refractivity contribution >= 4 is 15.9 Å². The van der Waals surface area contributed by atoms with E-state index in [2.05, 4.69) is 20.9 Å². The summed E-state index contributed by atoms with van der Waals surface area (Å²) in [4.78, 5) is 25.8. The minimum atomic E-state index is -0.343. The summed E-state index contributed by atoms with van der Waals surface area (Å²) < 4.78 is 1.66. The Hall–Kier alpha value is -0.840. The molecule has 0 spiro atoms. The van der Waals surface area contributed by atoms with Crippen molar-refractivity contribution < 1.29 is 0 Å². The molecule has 0 saturated carbocycles. The van der Waals surface area contributed by atoms with Gasteiger partial charge < -0.3 is 4.98 Å². The fourth-order valence-corrected chi connectivity index (χ4v) is 1.51. The minimum Gasteiger partial charge on any atom is -0.310 e. The summed E-state index contributed by atoms with van der Waals surface area (Å²) in [5.41, 5.74) is -0.0368. The maximum atomic E-state index is 11.7. The molecule has 0 unspecified atom stereocenters. The zero-order chi connectivity index (χ0) is 10.9. The first kappa shape index (κ1) is 11.2. The van der Waals surface area contributed by atoms with Gasteiger partial charge in [-0.15, -0.1) is 0 Å². The molecule has 0 aliphatic rings. The molecule has 1 atom stereocenters. The molecule has 0 aliphatic heterocycles. The van der Waals surface area contributed by atoms with E-state index >= 15 is 0 Å². The number of hydrogen-bond donors (Lipinski definition) is 1. The van der Waals surface area contributed by atoms with Gasteiger partial charge in [0, 0.05) is 11.7 Å². The van der Waals surface area contributed by atoms with Gasteiger partial charge in [0.05, 0.1) is 0 Å². The van der Waals surface area contributed by atoms with E-state index in [4.69, 9.17) is 0 Å². The molecule has 0 aliphatic carbocycles. The van der Waals surface area contributed by atoms with Gasteiger partial charge in [-0.3, -0.25) is 9.36 Å². The van der Waals surface area contributed by atoms with Gasteiger partial charge in [-0.05, 0) is 36.2 Å². The summed E-state index contributed by atoms with van der Waals surface area (Å²) in [5, 5.41) is 0. The average molecular weight is 261 g/mol. The molecular formula is C9H13BrN2O2. The number of H-pyrrole nitrogens is 1. The molecule has 4 nitrogen and oxygen atoms in total. The number of rotatable bonds is 2. The van der Waals surface area contributed by atoms with E-state index in [0.29, 0.717) is 10.2 Å². The van der Waals surface area contributed by atoms with Crippen molar-refractivity contribution in [1.29, 1.82) is 0 Å². The van der Waals surface area contributed by atoms with Crippen LogP contribution in [0.2, 0.25) is 0 Å². The second kappa shape index (κ2) is 4.13. The van der Waals surface area contributed by atoms with Crippen LogP contribution >= 0.6 is 15.9 Å². The van der Waals surface area contributed by atoms with Crippen LogP contribution < -0.4 is 11.2 Å². The van der Waals surface area contributed by atoms with Crippen molar-refractivity contribution in [3.63, 3.8) is 0 Å². The van der Waals surface area contributed by atoms with Crippen molar-refractivity contribution in [2.75, 3.05) is 0 Å². The van der Waals surface area contributed by atoms with Crippen LogP contribution in [-0.2, 0) is 0 Å². The first-order valence-corrected chi connectivity index (χ1v) is 5.29. The number of nitrogens with one attached hydrogen (secondary N) is 1. The zero-order valence-corrected chi connectivity index (χ0v) is 10.0. The highest BCUT2D eigenvalue weighted by molar-refractivity contribution is 9.10. The predicted octanol–water partition coefficient (Wildman–Crippen LogP) is 1.58. The molecular weight excluding hydrogens is 248 g/mol. The molecule has 0 radical (unpaired) electrons. The second-order valence-corrected chi connectivity index (χ2v) is 4.09. The highest BCUT2D eigenvalue weighted by Crippen LogP contribution is 2.08. The van der Waals surface area contributed by atoms with Crippen LogP contribution in [0.25, 0.3) is 0 Å². The van der Waals surface area contributed by atoms with Gasteiger partial charge in [0.15, 0.2) is 0 Å². The van der Waals surface area contributed by atoms with E-state index in [1.807, 2.05) is 13.8 Å². The minimum absolute atomic E-state index is 0.0804. The molecule has 1 aromatic rings. The lowest BCUT2D eigenvalue weighted by molar-refractivity contribution is 0.486. The largest absolute Gasteiger partial charge is 0.328 e. The highest BCUT2D eigenvalue weighted by Gasteiger charge is 2.12. The third-order valence-electron chi connectivity index (χ3n) is 2.28. The van der Waals surface area contributed by atoms with E-state index in [1.54, 1.807) is 6.92 Å². The molecule has 1 aromatic heterocycles. The third kappa shape index (κ3) is 1.82. The van der Waals surface area contributed by atoms with Gasteiger partial charge in [-0.1, -0.05) is 6.92 Å². The third-order valence-corrected chi connectivity index (χ3v) is 3.21. The summed E-state index contributed by atoms with van der Waals surface area (Å²) in [6.07, 6.45) is 0.748. The number of aromatic amines is 1. The van der Waals surface area contributed by atoms with E-state index in [9.17, 15) is 9.59 Å². The van der Waals surface area contributed by atoms with Crippen molar-refractivity contribution in [2.45, 2.75) is 33.2 Å². The average Bonchev–Trinajstić information content (AvgIpc) is 2.14. The Bertz CT molecular complexity index is 447. The Kier molecular flexibility index (Phi) is 3.31. The Balaban J connectivity index is 3.53. The van der Waals surface area contributed by atoms with Gasteiger partial charge in [-0.2, -0.15) is 0 Å². The Labute approximate surface area is 90.1 Å². The monoisotopic (exact) mass is 260 g/mol. The van der Waals surface area contributed by atoms with Crippen LogP contribution in [0.3, 0.4) is 0 Å².